The Kier molecular flexibility index (Phi) is 3.78. The molecule has 1 aromatic rings. The first-order valence-electron chi connectivity index (χ1n) is 5.96. The summed E-state index contributed by atoms with van der Waals surface area (Å²) in [5.74, 6) is 1.24. The van der Waals surface area contributed by atoms with E-state index < -0.39 is 0 Å². The maximum absolute atomic E-state index is 5.51. The lowest BCUT2D eigenvalue weighted by atomic mass is 9.89. The Morgan fingerprint density at radius 2 is 2.18 bits per heavy atom. The van der Waals surface area contributed by atoms with Crippen molar-refractivity contribution in [2.45, 2.75) is 44.9 Å². The minimum atomic E-state index is 0.124. The third kappa shape index (κ3) is 3.30. The van der Waals surface area contributed by atoms with E-state index in [1.807, 2.05) is 13.8 Å². The number of ether oxygens (including phenoxy) is 2. The third-order valence-electron chi connectivity index (χ3n) is 2.75. The Morgan fingerprint density at radius 1 is 1.41 bits per heavy atom. The summed E-state index contributed by atoms with van der Waals surface area (Å²) in [6.07, 6.45) is 4.23. The fourth-order valence-electron chi connectivity index (χ4n) is 1.78. The summed E-state index contributed by atoms with van der Waals surface area (Å²) in [5, 5.41) is 3.27. The number of aromatic nitrogens is 2. The van der Waals surface area contributed by atoms with Crippen LogP contribution in [0.2, 0.25) is 0 Å². The number of rotatable bonds is 5. The number of hydrogen-bond acceptors (Lipinski definition) is 5. The molecule has 1 N–H and O–H groups in total. The van der Waals surface area contributed by atoms with Crippen LogP contribution < -0.4 is 10.1 Å². The molecule has 0 bridgehead atoms. The van der Waals surface area contributed by atoms with Crippen molar-refractivity contribution >= 4 is 5.95 Å². The quantitative estimate of drug-likeness (QED) is 0.847. The lowest BCUT2D eigenvalue weighted by molar-refractivity contribution is 0.0327. The van der Waals surface area contributed by atoms with Gasteiger partial charge in [0.15, 0.2) is 0 Å². The average Bonchev–Trinajstić information content (AvgIpc) is 2.22. The molecule has 5 nitrogen and oxygen atoms in total. The normalized spacial score (nSPS) is 23.3. The summed E-state index contributed by atoms with van der Waals surface area (Å²) in [7, 11) is 1.74. The van der Waals surface area contributed by atoms with Gasteiger partial charge in [-0.1, -0.05) is 0 Å². The summed E-state index contributed by atoms with van der Waals surface area (Å²) in [6, 6.07) is 2.18. The van der Waals surface area contributed by atoms with E-state index >= 15 is 0 Å². The highest BCUT2D eigenvalue weighted by Crippen LogP contribution is 2.25. The molecule has 2 rings (SSSR count). The largest absolute Gasteiger partial charge is 0.475 e. The molecule has 1 fully saturated rings. The van der Waals surface area contributed by atoms with E-state index in [1.54, 1.807) is 19.4 Å². The van der Waals surface area contributed by atoms with Crippen LogP contribution >= 0.6 is 0 Å². The van der Waals surface area contributed by atoms with Gasteiger partial charge in [0.05, 0.1) is 12.2 Å². The second-order valence-corrected chi connectivity index (χ2v) is 4.56. The molecule has 1 aliphatic carbocycles. The number of methoxy groups -OCH3 is 1. The molecule has 1 aromatic heterocycles. The van der Waals surface area contributed by atoms with Crippen molar-refractivity contribution in [3.8, 4) is 5.88 Å². The van der Waals surface area contributed by atoms with Gasteiger partial charge in [-0.15, -0.1) is 0 Å². The van der Waals surface area contributed by atoms with E-state index in [1.165, 1.54) is 0 Å². The molecule has 1 heterocycles. The average molecular weight is 237 g/mol. The van der Waals surface area contributed by atoms with Crippen molar-refractivity contribution in [2.75, 3.05) is 12.4 Å². The third-order valence-corrected chi connectivity index (χ3v) is 2.75. The van der Waals surface area contributed by atoms with Gasteiger partial charge in [0.1, 0.15) is 0 Å². The Labute approximate surface area is 102 Å². The van der Waals surface area contributed by atoms with Crippen LogP contribution in [0, 0.1) is 0 Å². The predicted molar refractivity (Wildman–Crippen MR) is 65.2 cm³/mol. The first-order chi connectivity index (χ1) is 8.17. The van der Waals surface area contributed by atoms with Crippen molar-refractivity contribution in [3.63, 3.8) is 0 Å². The second kappa shape index (κ2) is 5.31. The lowest BCUT2D eigenvalue weighted by Crippen LogP contribution is -2.40. The van der Waals surface area contributed by atoms with Crippen LogP contribution in [0.1, 0.15) is 26.7 Å². The standard InChI is InChI=1S/C12H19N3O2/c1-8(2)17-11-4-5-13-12(15-11)14-9-6-10(7-9)16-3/h4-5,8-10H,6-7H2,1-3H3,(H,13,14,15). The molecule has 0 unspecified atom stereocenters. The second-order valence-electron chi connectivity index (χ2n) is 4.56. The van der Waals surface area contributed by atoms with Crippen molar-refractivity contribution in [2.24, 2.45) is 0 Å². The van der Waals surface area contributed by atoms with Gasteiger partial charge in [0, 0.05) is 25.4 Å². The van der Waals surface area contributed by atoms with Crippen LogP contribution in [-0.2, 0) is 4.74 Å². The molecule has 94 valence electrons. The fourth-order valence-corrected chi connectivity index (χ4v) is 1.78. The molecular weight excluding hydrogens is 218 g/mol. The molecule has 17 heavy (non-hydrogen) atoms. The van der Waals surface area contributed by atoms with Gasteiger partial charge in [0.2, 0.25) is 11.8 Å². The van der Waals surface area contributed by atoms with Gasteiger partial charge in [-0.05, 0) is 26.7 Å². The van der Waals surface area contributed by atoms with Crippen LogP contribution in [0.5, 0.6) is 5.88 Å². The van der Waals surface area contributed by atoms with E-state index in [2.05, 4.69) is 15.3 Å². The van der Waals surface area contributed by atoms with E-state index in [0.29, 0.717) is 24.0 Å². The Bertz CT molecular complexity index is 365. The Morgan fingerprint density at radius 3 is 2.82 bits per heavy atom. The number of anilines is 1. The zero-order valence-corrected chi connectivity index (χ0v) is 10.5. The lowest BCUT2D eigenvalue weighted by Gasteiger charge is -2.34. The van der Waals surface area contributed by atoms with Crippen LogP contribution in [0.15, 0.2) is 12.3 Å². The van der Waals surface area contributed by atoms with E-state index in [-0.39, 0.29) is 6.10 Å². The molecule has 5 heteroatoms. The molecule has 0 spiro atoms. The summed E-state index contributed by atoms with van der Waals surface area (Å²) in [5.41, 5.74) is 0. The predicted octanol–water partition coefficient (Wildman–Crippen LogP) is 1.85. The van der Waals surface area contributed by atoms with Crippen LogP contribution in [0.25, 0.3) is 0 Å². The van der Waals surface area contributed by atoms with Gasteiger partial charge in [-0.2, -0.15) is 4.98 Å². The number of nitrogens with zero attached hydrogens (tertiary/aromatic N) is 2. The Balaban J connectivity index is 1.88. The van der Waals surface area contributed by atoms with Gasteiger partial charge in [-0.25, -0.2) is 4.98 Å². The van der Waals surface area contributed by atoms with Gasteiger partial charge in [-0.3, -0.25) is 0 Å². The highest BCUT2D eigenvalue weighted by Gasteiger charge is 2.29. The molecule has 0 saturated heterocycles. The van der Waals surface area contributed by atoms with E-state index in [9.17, 15) is 0 Å². The molecule has 1 aliphatic rings. The van der Waals surface area contributed by atoms with E-state index in [0.717, 1.165) is 12.8 Å². The molecule has 0 radical (unpaired) electrons. The topological polar surface area (TPSA) is 56.3 Å². The monoisotopic (exact) mass is 237 g/mol. The van der Waals surface area contributed by atoms with Crippen LogP contribution in [0.4, 0.5) is 5.95 Å². The minimum Gasteiger partial charge on any atom is -0.475 e. The van der Waals surface area contributed by atoms with Crippen LogP contribution in [-0.4, -0.2) is 35.3 Å². The number of nitrogens with one attached hydrogen (secondary N) is 1. The molecule has 0 aliphatic heterocycles. The van der Waals surface area contributed by atoms with Gasteiger partial charge in [0.25, 0.3) is 0 Å². The van der Waals surface area contributed by atoms with Crippen molar-refractivity contribution in [1.29, 1.82) is 0 Å². The maximum Gasteiger partial charge on any atom is 0.226 e. The van der Waals surface area contributed by atoms with Gasteiger partial charge >= 0.3 is 0 Å². The summed E-state index contributed by atoms with van der Waals surface area (Å²) >= 11 is 0. The van der Waals surface area contributed by atoms with Crippen LogP contribution in [0.3, 0.4) is 0 Å². The maximum atomic E-state index is 5.51. The van der Waals surface area contributed by atoms with Crippen molar-refractivity contribution < 1.29 is 9.47 Å². The zero-order valence-electron chi connectivity index (χ0n) is 10.5. The smallest absolute Gasteiger partial charge is 0.226 e. The van der Waals surface area contributed by atoms with E-state index in [4.69, 9.17) is 9.47 Å². The van der Waals surface area contributed by atoms with Gasteiger partial charge < -0.3 is 14.8 Å². The molecular formula is C12H19N3O2. The highest BCUT2D eigenvalue weighted by molar-refractivity contribution is 5.30. The SMILES string of the molecule is COC1CC(Nc2nccc(OC(C)C)n2)C1. The summed E-state index contributed by atoms with van der Waals surface area (Å²) in [6.45, 7) is 3.95. The first-order valence-corrected chi connectivity index (χ1v) is 5.96. The van der Waals surface area contributed by atoms with Crippen molar-refractivity contribution in [3.05, 3.63) is 12.3 Å². The molecule has 0 atom stereocenters. The Hall–Kier alpha value is -1.36. The molecule has 0 aromatic carbocycles. The first kappa shape index (κ1) is 12.1. The fraction of sp³-hybridized carbons (Fsp3) is 0.667. The summed E-state index contributed by atoms with van der Waals surface area (Å²) < 4.78 is 10.7. The summed E-state index contributed by atoms with van der Waals surface area (Å²) in [4.78, 5) is 8.48. The zero-order chi connectivity index (χ0) is 12.3. The molecule has 0 amide bonds. The highest BCUT2D eigenvalue weighted by atomic mass is 16.5. The van der Waals surface area contributed by atoms with Crippen molar-refractivity contribution in [1.82, 2.24) is 9.97 Å². The number of hydrogen-bond donors (Lipinski definition) is 1. The molecule has 1 saturated carbocycles. The minimum absolute atomic E-state index is 0.124.